The van der Waals surface area contributed by atoms with Crippen molar-refractivity contribution in [3.63, 3.8) is 0 Å². The molecular formula is C13H24N2O. The Morgan fingerprint density at radius 3 is 2.31 bits per heavy atom. The van der Waals surface area contributed by atoms with E-state index in [1.54, 1.807) is 0 Å². The molecule has 1 unspecified atom stereocenters. The fraction of sp³-hybridized carbons (Fsp3) is 0.923. The Morgan fingerprint density at radius 1 is 1.31 bits per heavy atom. The third-order valence-corrected chi connectivity index (χ3v) is 3.96. The van der Waals surface area contributed by atoms with E-state index >= 15 is 0 Å². The van der Waals surface area contributed by atoms with Crippen LogP contribution in [0.4, 0.5) is 0 Å². The van der Waals surface area contributed by atoms with Crippen molar-refractivity contribution in [2.75, 3.05) is 6.54 Å². The van der Waals surface area contributed by atoms with Crippen molar-refractivity contribution in [2.24, 2.45) is 23.5 Å². The van der Waals surface area contributed by atoms with E-state index in [9.17, 15) is 4.79 Å². The highest BCUT2D eigenvalue weighted by molar-refractivity contribution is 5.76. The summed E-state index contributed by atoms with van der Waals surface area (Å²) in [5, 5.41) is 3.07. The zero-order valence-corrected chi connectivity index (χ0v) is 10.2. The predicted octanol–water partition coefficient (Wildman–Crippen LogP) is 1.67. The molecule has 3 N–H and O–H groups in total. The minimum absolute atomic E-state index is 0.0281. The van der Waals surface area contributed by atoms with Crippen LogP contribution in [-0.4, -0.2) is 18.5 Å². The van der Waals surface area contributed by atoms with Crippen LogP contribution in [0.2, 0.25) is 0 Å². The molecule has 3 nitrogen and oxygen atoms in total. The van der Waals surface area contributed by atoms with Gasteiger partial charge in [0.2, 0.25) is 5.91 Å². The second kappa shape index (κ2) is 5.17. The second-order valence-electron chi connectivity index (χ2n) is 5.52. The van der Waals surface area contributed by atoms with Gasteiger partial charge < -0.3 is 11.1 Å². The number of nitrogens with two attached hydrogens (primary N) is 1. The van der Waals surface area contributed by atoms with Gasteiger partial charge in [0.15, 0.2) is 0 Å². The third kappa shape index (κ3) is 3.48. The highest BCUT2D eigenvalue weighted by Crippen LogP contribution is 2.48. The van der Waals surface area contributed by atoms with Crippen molar-refractivity contribution >= 4 is 5.91 Å². The lowest BCUT2D eigenvalue weighted by atomic mass is 9.98. The molecule has 0 aromatic carbocycles. The van der Waals surface area contributed by atoms with Crippen LogP contribution in [0, 0.1) is 17.8 Å². The number of rotatable bonds is 7. The zero-order valence-electron chi connectivity index (χ0n) is 10.2. The second-order valence-corrected chi connectivity index (χ2v) is 5.52. The summed E-state index contributed by atoms with van der Waals surface area (Å²) in [5.74, 6) is 2.72. The van der Waals surface area contributed by atoms with Gasteiger partial charge in [-0.3, -0.25) is 4.79 Å². The lowest BCUT2D eigenvalue weighted by molar-refractivity contribution is -0.121. The Morgan fingerprint density at radius 2 is 1.88 bits per heavy atom. The summed E-state index contributed by atoms with van der Waals surface area (Å²) in [4.78, 5) is 11.6. The van der Waals surface area contributed by atoms with Crippen molar-refractivity contribution in [1.29, 1.82) is 0 Å². The number of hydrogen-bond donors (Lipinski definition) is 2. The summed E-state index contributed by atoms with van der Waals surface area (Å²) in [5.41, 5.74) is 5.76. The van der Waals surface area contributed by atoms with Crippen LogP contribution >= 0.6 is 0 Å². The van der Waals surface area contributed by atoms with E-state index in [2.05, 4.69) is 5.32 Å². The Bertz CT molecular complexity index is 234. The first-order valence-electron chi connectivity index (χ1n) is 6.73. The molecule has 0 radical (unpaired) electrons. The Hall–Kier alpha value is -0.570. The summed E-state index contributed by atoms with van der Waals surface area (Å²) in [7, 11) is 0. The molecule has 0 aromatic rings. The summed E-state index contributed by atoms with van der Waals surface area (Å²) >= 11 is 0. The molecule has 16 heavy (non-hydrogen) atoms. The first kappa shape index (κ1) is 11.9. The summed E-state index contributed by atoms with van der Waals surface area (Å²) in [6, 6.07) is 0.0281. The van der Waals surface area contributed by atoms with Gasteiger partial charge in [-0.25, -0.2) is 0 Å². The Balaban J connectivity index is 1.66. The van der Waals surface area contributed by atoms with Crippen molar-refractivity contribution in [3.8, 4) is 0 Å². The number of nitrogens with one attached hydrogen (secondary N) is 1. The van der Waals surface area contributed by atoms with Crippen molar-refractivity contribution < 1.29 is 4.79 Å². The predicted molar refractivity (Wildman–Crippen MR) is 64.8 cm³/mol. The molecule has 0 bridgehead atoms. The van der Waals surface area contributed by atoms with E-state index in [0.29, 0.717) is 6.42 Å². The standard InChI is InChI=1S/C13H24N2O/c1-2-11(14)7-13(16)15-8-12(9-3-4-9)10-5-6-10/h9-12H,2-8,14H2,1H3,(H,15,16). The highest BCUT2D eigenvalue weighted by atomic mass is 16.1. The molecule has 2 aliphatic carbocycles. The minimum Gasteiger partial charge on any atom is -0.356 e. The molecule has 2 fully saturated rings. The zero-order chi connectivity index (χ0) is 11.5. The quantitative estimate of drug-likeness (QED) is 0.691. The SMILES string of the molecule is CCC(N)CC(=O)NCC(C1CC1)C1CC1. The van der Waals surface area contributed by atoms with Crippen molar-refractivity contribution in [1.82, 2.24) is 5.32 Å². The third-order valence-electron chi connectivity index (χ3n) is 3.96. The molecule has 0 spiro atoms. The monoisotopic (exact) mass is 224 g/mol. The number of amides is 1. The smallest absolute Gasteiger partial charge is 0.221 e. The van der Waals surface area contributed by atoms with Gasteiger partial charge in [-0.2, -0.15) is 0 Å². The van der Waals surface area contributed by atoms with Gasteiger partial charge in [-0.15, -0.1) is 0 Å². The first-order chi connectivity index (χ1) is 7.70. The van der Waals surface area contributed by atoms with E-state index in [4.69, 9.17) is 5.73 Å². The molecule has 2 rings (SSSR count). The summed E-state index contributed by atoms with van der Waals surface area (Å²) in [6.45, 7) is 2.92. The fourth-order valence-electron chi connectivity index (χ4n) is 2.45. The van der Waals surface area contributed by atoms with Crippen LogP contribution in [0.15, 0.2) is 0 Å². The van der Waals surface area contributed by atoms with Gasteiger partial charge in [0.1, 0.15) is 0 Å². The van der Waals surface area contributed by atoms with Gasteiger partial charge >= 0.3 is 0 Å². The van der Waals surface area contributed by atoms with E-state index in [-0.39, 0.29) is 11.9 Å². The molecule has 0 aromatic heterocycles. The van der Waals surface area contributed by atoms with Gasteiger partial charge in [-0.1, -0.05) is 6.92 Å². The van der Waals surface area contributed by atoms with E-state index in [1.807, 2.05) is 6.92 Å². The summed E-state index contributed by atoms with van der Waals surface area (Å²) < 4.78 is 0. The topological polar surface area (TPSA) is 55.1 Å². The van der Waals surface area contributed by atoms with Crippen LogP contribution in [0.3, 0.4) is 0 Å². The summed E-state index contributed by atoms with van der Waals surface area (Å²) in [6.07, 6.45) is 6.88. The highest BCUT2D eigenvalue weighted by Gasteiger charge is 2.41. The molecule has 0 aliphatic heterocycles. The molecule has 1 amide bonds. The first-order valence-corrected chi connectivity index (χ1v) is 6.73. The largest absolute Gasteiger partial charge is 0.356 e. The Labute approximate surface area is 98.2 Å². The molecule has 2 saturated carbocycles. The average Bonchev–Trinajstić information content (AvgIpc) is 3.11. The van der Waals surface area contributed by atoms with Crippen LogP contribution in [-0.2, 0) is 4.79 Å². The van der Waals surface area contributed by atoms with Crippen LogP contribution < -0.4 is 11.1 Å². The molecular weight excluding hydrogens is 200 g/mol. The van der Waals surface area contributed by atoms with Gasteiger partial charge in [0.05, 0.1) is 0 Å². The van der Waals surface area contributed by atoms with Crippen molar-refractivity contribution in [3.05, 3.63) is 0 Å². The molecule has 92 valence electrons. The molecule has 1 atom stereocenters. The fourth-order valence-corrected chi connectivity index (χ4v) is 2.45. The maximum absolute atomic E-state index is 11.6. The van der Waals surface area contributed by atoms with Crippen LogP contribution in [0.5, 0.6) is 0 Å². The maximum atomic E-state index is 11.6. The molecule has 0 saturated heterocycles. The van der Waals surface area contributed by atoms with Gasteiger partial charge in [0.25, 0.3) is 0 Å². The normalized spacial score (nSPS) is 22.2. The average molecular weight is 224 g/mol. The lowest BCUT2D eigenvalue weighted by Gasteiger charge is -2.17. The number of carbonyl (C=O) groups is 1. The van der Waals surface area contributed by atoms with E-state index < -0.39 is 0 Å². The molecule has 3 heteroatoms. The molecule has 2 aliphatic rings. The molecule has 0 heterocycles. The number of carbonyl (C=O) groups excluding carboxylic acids is 1. The van der Waals surface area contributed by atoms with Crippen LogP contribution in [0.1, 0.15) is 45.4 Å². The lowest BCUT2D eigenvalue weighted by Crippen LogP contribution is -2.35. The van der Waals surface area contributed by atoms with Gasteiger partial charge in [-0.05, 0) is 49.9 Å². The maximum Gasteiger partial charge on any atom is 0.221 e. The minimum atomic E-state index is 0.0281. The van der Waals surface area contributed by atoms with Crippen LogP contribution in [0.25, 0.3) is 0 Å². The van der Waals surface area contributed by atoms with E-state index in [1.165, 1.54) is 25.7 Å². The van der Waals surface area contributed by atoms with E-state index in [0.717, 1.165) is 30.7 Å². The van der Waals surface area contributed by atoms with Gasteiger partial charge in [0, 0.05) is 19.0 Å². The Kier molecular flexibility index (Phi) is 3.85. The van der Waals surface area contributed by atoms with Crippen molar-refractivity contribution in [2.45, 2.75) is 51.5 Å². The number of hydrogen-bond acceptors (Lipinski definition) is 2.